The Morgan fingerprint density at radius 1 is 1.07 bits per heavy atom. The van der Waals surface area contributed by atoms with Crippen LogP contribution in [0.25, 0.3) is 0 Å². The summed E-state index contributed by atoms with van der Waals surface area (Å²) in [6, 6.07) is 0. The van der Waals surface area contributed by atoms with E-state index in [1.54, 1.807) is 0 Å². The molecule has 0 spiro atoms. The first-order valence-electron chi connectivity index (χ1n) is 6.08. The molecule has 0 N–H and O–H groups in total. The number of hydrogen-bond acceptors (Lipinski definition) is 3. The standard InChI is InChI=1S/C12H20O3/c13-11(12-3-1-2-6-15-12)9-10-4-7-14-8-5-10/h10,12H,1-9H2. The van der Waals surface area contributed by atoms with Gasteiger partial charge in [-0.25, -0.2) is 0 Å². The highest BCUT2D eigenvalue weighted by molar-refractivity contribution is 5.83. The highest BCUT2D eigenvalue weighted by Gasteiger charge is 2.25. The third-order valence-corrected chi connectivity index (χ3v) is 3.37. The fourth-order valence-corrected chi connectivity index (χ4v) is 2.36. The van der Waals surface area contributed by atoms with Crippen LogP contribution in [0, 0.1) is 5.92 Å². The van der Waals surface area contributed by atoms with Crippen molar-refractivity contribution in [2.24, 2.45) is 5.92 Å². The molecule has 0 aliphatic carbocycles. The average Bonchev–Trinajstić information content (AvgIpc) is 2.31. The summed E-state index contributed by atoms with van der Waals surface area (Å²) >= 11 is 0. The van der Waals surface area contributed by atoms with E-state index in [2.05, 4.69) is 0 Å². The van der Waals surface area contributed by atoms with Gasteiger partial charge in [-0.3, -0.25) is 4.79 Å². The molecule has 0 aromatic carbocycles. The Kier molecular flexibility index (Phi) is 4.15. The van der Waals surface area contributed by atoms with Crippen LogP contribution in [0.15, 0.2) is 0 Å². The van der Waals surface area contributed by atoms with Gasteiger partial charge in [0.2, 0.25) is 0 Å². The van der Waals surface area contributed by atoms with Crippen molar-refractivity contribution in [2.45, 2.75) is 44.6 Å². The molecule has 1 unspecified atom stereocenters. The maximum atomic E-state index is 11.9. The summed E-state index contributed by atoms with van der Waals surface area (Å²) in [7, 11) is 0. The molecule has 2 aliphatic heterocycles. The lowest BCUT2D eigenvalue weighted by Crippen LogP contribution is -2.30. The summed E-state index contributed by atoms with van der Waals surface area (Å²) in [5, 5.41) is 0. The fourth-order valence-electron chi connectivity index (χ4n) is 2.36. The number of rotatable bonds is 3. The van der Waals surface area contributed by atoms with Gasteiger partial charge in [0.1, 0.15) is 6.10 Å². The fraction of sp³-hybridized carbons (Fsp3) is 0.917. The molecule has 15 heavy (non-hydrogen) atoms. The van der Waals surface area contributed by atoms with Gasteiger partial charge in [-0.1, -0.05) is 0 Å². The zero-order valence-corrected chi connectivity index (χ0v) is 9.24. The highest BCUT2D eigenvalue weighted by Crippen LogP contribution is 2.22. The molecule has 0 radical (unpaired) electrons. The Hall–Kier alpha value is -0.410. The Morgan fingerprint density at radius 2 is 1.87 bits per heavy atom. The van der Waals surface area contributed by atoms with Crippen molar-refractivity contribution in [2.75, 3.05) is 19.8 Å². The average molecular weight is 212 g/mol. The van der Waals surface area contributed by atoms with Crippen molar-refractivity contribution in [1.82, 2.24) is 0 Å². The minimum absolute atomic E-state index is 0.0957. The topological polar surface area (TPSA) is 35.5 Å². The predicted octanol–water partition coefficient (Wildman–Crippen LogP) is 1.94. The quantitative estimate of drug-likeness (QED) is 0.717. The molecule has 2 rings (SSSR count). The van der Waals surface area contributed by atoms with Crippen molar-refractivity contribution in [3.8, 4) is 0 Å². The van der Waals surface area contributed by atoms with E-state index in [-0.39, 0.29) is 6.10 Å². The zero-order chi connectivity index (χ0) is 10.5. The lowest BCUT2D eigenvalue weighted by molar-refractivity contribution is -0.134. The second-order valence-electron chi connectivity index (χ2n) is 4.58. The monoisotopic (exact) mass is 212 g/mol. The second-order valence-corrected chi connectivity index (χ2v) is 4.58. The van der Waals surface area contributed by atoms with Crippen LogP contribution in [0.1, 0.15) is 38.5 Å². The van der Waals surface area contributed by atoms with Crippen LogP contribution in [0.3, 0.4) is 0 Å². The number of carbonyl (C=O) groups excluding carboxylic acids is 1. The highest BCUT2D eigenvalue weighted by atomic mass is 16.5. The van der Waals surface area contributed by atoms with E-state index >= 15 is 0 Å². The van der Waals surface area contributed by atoms with Gasteiger partial charge in [0.05, 0.1) is 0 Å². The van der Waals surface area contributed by atoms with Crippen molar-refractivity contribution >= 4 is 5.78 Å². The van der Waals surface area contributed by atoms with Crippen LogP contribution in [0.4, 0.5) is 0 Å². The lowest BCUT2D eigenvalue weighted by Gasteiger charge is -2.25. The number of Topliss-reactive ketones (excluding diaryl/α,β-unsaturated/α-hetero) is 1. The van der Waals surface area contributed by atoms with Gasteiger partial charge in [0.15, 0.2) is 5.78 Å². The third kappa shape index (κ3) is 3.28. The summed E-state index contributed by atoms with van der Waals surface area (Å²) in [5.74, 6) is 0.860. The van der Waals surface area contributed by atoms with Gasteiger partial charge in [0.25, 0.3) is 0 Å². The third-order valence-electron chi connectivity index (χ3n) is 3.37. The summed E-state index contributed by atoms with van der Waals surface area (Å²) in [5.41, 5.74) is 0. The lowest BCUT2D eigenvalue weighted by atomic mass is 9.91. The van der Waals surface area contributed by atoms with E-state index in [1.165, 1.54) is 0 Å². The molecule has 1 atom stereocenters. The molecule has 3 heteroatoms. The van der Waals surface area contributed by atoms with Crippen LogP contribution in [-0.2, 0) is 14.3 Å². The molecule has 2 aliphatic rings. The van der Waals surface area contributed by atoms with Gasteiger partial charge in [-0.05, 0) is 38.0 Å². The molecule has 0 aromatic rings. The number of hydrogen-bond donors (Lipinski definition) is 0. The molecule has 86 valence electrons. The maximum absolute atomic E-state index is 11.9. The van der Waals surface area contributed by atoms with Gasteiger partial charge >= 0.3 is 0 Å². The van der Waals surface area contributed by atoms with E-state index in [0.29, 0.717) is 18.1 Å². The normalized spacial score (nSPS) is 28.9. The molecule has 2 saturated heterocycles. The van der Waals surface area contributed by atoms with Gasteiger partial charge in [-0.2, -0.15) is 0 Å². The van der Waals surface area contributed by atoms with Crippen LogP contribution < -0.4 is 0 Å². The van der Waals surface area contributed by atoms with E-state index in [4.69, 9.17) is 9.47 Å². The Balaban J connectivity index is 1.74. The Labute approximate surface area is 91.1 Å². The first kappa shape index (κ1) is 11.1. The molecular formula is C12H20O3. The summed E-state index contributed by atoms with van der Waals surface area (Å²) in [6.45, 7) is 2.41. The number of carbonyl (C=O) groups is 1. The van der Waals surface area contributed by atoms with Crippen molar-refractivity contribution in [1.29, 1.82) is 0 Å². The van der Waals surface area contributed by atoms with Crippen LogP contribution >= 0.6 is 0 Å². The molecule has 2 heterocycles. The van der Waals surface area contributed by atoms with Gasteiger partial charge in [0, 0.05) is 26.2 Å². The molecule has 0 aromatic heterocycles. The Morgan fingerprint density at radius 3 is 2.53 bits per heavy atom. The van der Waals surface area contributed by atoms with E-state index in [0.717, 1.165) is 51.9 Å². The molecule has 0 bridgehead atoms. The van der Waals surface area contributed by atoms with Crippen molar-refractivity contribution in [3.05, 3.63) is 0 Å². The smallest absolute Gasteiger partial charge is 0.161 e. The minimum atomic E-state index is -0.0957. The predicted molar refractivity (Wildman–Crippen MR) is 56.8 cm³/mol. The van der Waals surface area contributed by atoms with E-state index in [1.807, 2.05) is 0 Å². The summed E-state index contributed by atoms with van der Waals surface area (Å²) in [6.07, 6.45) is 5.87. The Bertz CT molecular complexity index is 203. The van der Waals surface area contributed by atoms with Crippen LogP contribution in [0.5, 0.6) is 0 Å². The SMILES string of the molecule is O=C(CC1CCOCC1)C1CCCCO1. The van der Waals surface area contributed by atoms with Crippen molar-refractivity contribution < 1.29 is 14.3 Å². The summed E-state index contributed by atoms with van der Waals surface area (Å²) < 4.78 is 10.8. The van der Waals surface area contributed by atoms with Gasteiger partial charge < -0.3 is 9.47 Å². The molecule has 3 nitrogen and oxygen atoms in total. The van der Waals surface area contributed by atoms with Gasteiger partial charge in [-0.15, -0.1) is 0 Å². The largest absolute Gasteiger partial charge is 0.381 e. The van der Waals surface area contributed by atoms with E-state index in [9.17, 15) is 4.79 Å². The second kappa shape index (κ2) is 5.61. The zero-order valence-electron chi connectivity index (χ0n) is 9.24. The summed E-state index contributed by atoms with van der Waals surface area (Å²) in [4.78, 5) is 11.9. The first-order valence-corrected chi connectivity index (χ1v) is 6.08. The van der Waals surface area contributed by atoms with Crippen molar-refractivity contribution in [3.63, 3.8) is 0 Å². The van der Waals surface area contributed by atoms with E-state index < -0.39 is 0 Å². The molecule has 2 fully saturated rings. The molecular weight excluding hydrogens is 192 g/mol. The molecule has 0 amide bonds. The number of ketones is 1. The van der Waals surface area contributed by atoms with Crippen LogP contribution in [-0.4, -0.2) is 31.7 Å². The molecule has 0 saturated carbocycles. The number of ether oxygens (including phenoxy) is 2. The minimum Gasteiger partial charge on any atom is -0.381 e. The maximum Gasteiger partial charge on any atom is 0.161 e. The first-order chi connectivity index (χ1) is 7.36. The van der Waals surface area contributed by atoms with Crippen LogP contribution in [0.2, 0.25) is 0 Å².